The molecule has 5 nitrogen and oxygen atoms in total. The predicted octanol–water partition coefficient (Wildman–Crippen LogP) is 4.38. The summed E-state index contributed by atoms with van der Waals surface area (Å²) in [5, 5.41) is 5.93. The molecule has 0 aliphatic rings. The van der Waals surface area contributed by atoms with Gasteiger partial charge in [0.05, 0.1) is 11.4 Å². The van der Waals surface area contributed by atoms with Crippen molar-refractivity contribution in [1.29, 1.82) is 0 Å². The molecule has 3 aromatic rings. The Morgan fingerprint density at radius 3 is 2.60 bits per heavy atom. The maximum atomic E-state index is 13.9. The molecule has 0 radical (unpaired) electrons. The first kappa shape index (κ1) is 16.8. The Balaban J connectivity index is 2.01. The molecule has 7 heteroatoms. The molecule has 2 heterocycles. The van der Waals surface area contributed by atoms with Crippen molar-refractivity contribution in [2.45, 2.75) is 19.9 Å². The van der Waals surface area contributed by atoms with Gasteiger partial charge in [0, 0.05) is 30.1 Å². The van der Waals surface area contributed by atoms with Crippen molar-refractivity contribution in [2.24, 2.45) is 0 Å². The third-order valence-electron chi connectivity index (χ3n) is 3.32. The second-order valence-corrected chi connectivity index (χ2v) is 5.73. The molecule has 0 amide bonds. The third-order valence-corrected chi connectivity index (χ3v) is 3.32. The Morgan fingerprint density at radius 2 is 1.88 bits per heavy atom. The number of rotatable bonds is 5. The van der Waals surface area contributed by atoms with Crippen LogP contribution < -0.4 is 10.6 Å². The number of nitrogens with zero attached hydrogens (tertiary/aromatic N) is 3. The summed E-state index contributed by atoms with van der Waals surface area (Å²) in [6.45, 7) is 3.92. The van der Waals surface area contributed by atoms with Crippen LogP contribution in [-0.4, -0.2) is 21.0 Å². The van der Waals surface area contributed by atoms with Gasteiger partial charge in [-0.3, -0.25) is 4.98 Å². The SMILES string of the molecule is CC(C)Nc1nc(Nc2cccc(F)c2F)cc(-c2cccnc2)n1. The average Bonchev–Trinajstić information content (AvgIpc) is 2.59. The molecule has 0 spiro atoms. The van der Waals surface area contributed by atoms with E-state index in [9.17, 15) is 8.78 Å². The van der Waals surface area contributed by atoms with Crippen molar-refractivity contribution < 1.29 is 8.78 Å². The highest BCUT2D eigenvalue weighted by Gasteiger charge is 2.12. The van der Waals surface area contributed by atoms with E-state index in [1.165, 1.54) is 12.1 Å². The molecule has 0 aliphatic carbocycles. The van der Waals surface area contributed by atoms with Crippen LogP contribution in [-0.2, 0) is 0 Å². The maximum absolute atomic E-state index is 13.9. The van der Waals surface area contributed by atoms with E-state index >= 15 is 0 Å². The van der Waals surface area contributed by atoms with Gasteiger partial charge in [-0.15, -0.1) is 0 Å². The Kier molecular flexibility index (Phi) is 4.83. The normalized spacial score (nSPS) is 10.8. The van der Waals surface area contributed by atoms with Gasteiger partial charge in [0.25, 0.3) is 0 Å². The number of benzene rings is 1. The molecule has 128 valence electrons. The van der Waals surface area contributed by atoms with E-state index < -0.39 is 11.6 Å². The third kappa shape index (κ3) is 4.06. The monoisotopic (exact) mass is 341 g/mol. The molecule has 25 heavy (non-hydrogen) atoms. The highest BCUT2D eigenvalue weighted by atomic mass is 19.2. The minimum absolute atomic E-state index is 0.00586. The summed E-state index contributed by atoms with van der Waals surface area (Å²) in [5.41, 5.74) is 1.41. The Morgan fingerprint density at radius 1 is 1.04 bits per heavy atom. The zero-order valence-electron chi connectivity index (χ0n) is 13.8. The quantitative estimate of drug-likeness (QED) is 0.721. The van der Waals surface area contributed by atoms with Crippen LogP contribution >= 0.6 is 0 Å². The van der Waals surface area contributed by atoms with Gasteiger partial charge in [-0.05, 0) is 38.1 Å². The zero-order valence-corrected chi connectivity index (χ0v) is 13.8. The number of pyridine rings is 1. The van der Waals surface area contributed by atoms with Gasteiger partial charge in [0.15, 0.2) is 11.6 Å². The van der Waals surface area contributed by atoms with Crippen molar-refractivity contribution in [3.05, 3.63) is 60.4 Å². The second kappa shape index (κ2) is 7.21. The van der Waals surface area contributed by atoms with Crippen LogP contribution in [0.2, 0.25) is 0 Å². The van der Waals surface area contributed by atoms with Crippen LogP contribution in [0.5, 0.6) is 0 Å². The molecule has 0 bridgehead atoms. The molecule has 0 aliphatic heterocycles. The van der Waals surface area contributed by atoms with Crippen LogP contribution in [0.1, 0.15) is 13.8 Å². The maximum Gasteiger partial charge on any atom is 0.225 e. The van der Waals surface area contributed by atoms with Crippen molar-refractivity contribution >= 4 is 17.5 Å². The summed E-state index contributed by atoms with van der Waals surface area (Å²) in [6, 6.07) is 9.37. The number of hydrogen-bond acceptors (Lipinski definition) is 5. The Hall–Kier alpha value is -3.09. The van der Waals surface area contributed by atoms with E-state index in [0.717, 1.165) is 11.6 Å². The number of aromatic nitrogens is 3. The summed E-state index contributed by atoms with van der Waals surface area (Å²) in [4.78, 5) is 12.9. The van der Waals surface area contributed by atoms with E-state index in [0.29, 0.717) is 17.5 Å². The molecular formula is C18H17F2N5. The minimum atomic E-state index is -0.956. The smallest absolute Gasteiger partial charge is 0.225 e. The van der Waals surface area contributed by atoms with Gasteiger partial charge in [0.1, 0.15) is 5.82 Å². The summed E-state index contributed by atoms with van der Waals surface area (Å²) < 4.78 is 27.3. The molecule has 0 unspecified atom stereocenters. The Labute approximate surface area is 144 Å². The fraction of sp³-hybridized carbons (Fsp3) is 0.167. The minimum Gasteiger partial charge on any atom is -0.352 e. The molecule has 2 N–H and O–H groups in total. The largest absolute Gasteiger partial charge is 0.352 e. The lowest BCUT2D eigenvalue weighted by Crippen LogP contribution is -2.13. The summed E-state index contributed by atoms with van der Waals surface area (Å²) >= 11 is 0. The van der Waals surface area contributed by atoms with Crippen LogP contribution in [0.25, 0.3) is 11.3 Å². The summed E-state index contributed by atoms with van der Waals surface area (Å²) in [5.74, 6) is -1.15. The summed E-state index contributed by atoms with van der Waals surface area (Å²) in [6.07, 6.45) is 3.34. The first-order valence-corrected chi connectivity index (χ1v) is 7.80. The fourth-order valence-corrected chi connectivity index (χ4v) is 2.23. The van der Waals surface area contributed by atoms with Gasteiger partial charge in [-0.1, -0.05) is 6.07 Å². The van der Waals surface area contributed by atoms with E-state index in [-0.39, 0.29) is 11.7 Å². The van der Waals surface area contributed by atoms with Crippen LogP contribution in [0.3, 0.4) is 0 Å². The van der Waals surface area contributed by atoms with Crippen LogP contribution in [0.4, 0.5) is 26.2 Å². The molecule has 0 fully saturated rings. The van der Waals surface area contributed by atoms with E-state index in [1.54, 1.807) is 24.5 Å². The molecule has 0 saturated heterocycles. The van der Waals surface area contributed by atoms with Gasteiger partial charge < -0.3 is 10.6 Å². The number of nitrogens with one attached hydrogen (secondary N) is 2. The number of halogens is 2. The first-order chi connectivity index (χ1) is 12.0. The zero-order chi connectivity index (χ0) is 17.8. The van der Waals surface area contributed by atoms with Crippen molar-refractivity contribution in [2.75, 3.05) is 10.6 Å². The molecular weight excluding hydrogens is 324 g/mol. The molecule has 3 rings (SSSR count). The van der Waals surface area contributed by atoms with E-state index in [4.69, 9.17) is 0 Å². The standard InChI is InChI=1S/C18H17F2N5/c1-11(2)22-18-24-15(12-5-4-8-21-10-12)9-16(25-18)23-14-7-3-6-13(19)17(14)20/h3-11H,1-2H3,(H2,22,23,24,25). The topological polar surface area (TPSA) is 62.7 Å². The number of anilines is 3. The second-order valence-electron chi connectivity index (χ2n) is 5.73. The highest BCUT2D eigenvalue weighted by Crippen LogP contribution is 2.25. The highest BCUT2D eigenvalue weighted by molar-refractivity contribution is 5.67. The average molecular weight is 341 g/mol. The Bertz CT molecular complexity index is 869. The van der Waals surface area contributed by atoms with Crippen molar-refractivity contribution in [3.8, 4) is 11.3 Å². The van der Waals surface area contributed by atoms with E-state index in [2.05, 4.69) is 25.6 Å². The van der Waals surface area contributed by atoms with Crippen LogP contribution in [0, 0.1) is 11.6 Å². The van der Waals surface area contributed by atoms with E-state index in [1.807, 2.05) is 19.9 Å². The lowest BCUT2D eigenvalue weighted by Gasteiger charge is -2.13. The lowest BCUT2D eigenvalue weighted by atomic mass is 10.2. The summed E-state index contributed by atoms with van der Waals surface area (Å²) in [7, 11) is 0. The van der Waals surface area contributed by atoms with Gasteiger partial charge in [0.2, 0.25) is 5.95 Å². The molecule has 1 aromatic carbocycles. The predicted molar refractivity (Wildman–Crippen MR) is 93.7 cm³/mol. The van der Waals surface area contributed by atoms with Gasteiger partial charge in [-0.2, -0.15) is 4.98 Å². The van der Waals surface area contributed by atoms with Crippen molar-refractivity contribution in [3.63, 3.8) is 0 Å². The van der Waals surface area contributed by atoms with Gasteiger partial charge >= 0.3 is 0 Å². The molecule has 0 saturated carbocycles. The first-order valence-electron chi connectivity index (χ1n) is 7.80. The lowest BCUT2D eigenvalue weighted by molar-refractivity contribution is 0.511. The fourth-order valence-electron chi connectivity index (χ4n) is 2.23. The van der Waals surface area contributed by atoms with Crippen LogP contribution in [0.15, 0.2) is 48.8 Å². The molecule has 2 aromatic heterocycles. The van der Waals surface area contributed by atoms with Crippen molar-refractivity contribution in [1.82, 2.24) is 15.0 Å². The molecule has 0 atom stereocenters. The number of hydrogen-bond donors (Lipinski definition) is 2. The van der Waals surface area contributed by atoms with Gasteiger partial charge in [-0.25, -0.2) is 13.8 Å².